The van der Waals surface area contributed by atoms with Crippen LogP contribution >= 0.6 is 27.3 Å². The van der Waals surface area contributed by atoms with Gasteiger partial charge in [-0.05, 0) is 46.3 Å². The van der Waals surface area contributed by atoms with E-state index in [1.165, 1.54) is 9.35 Å². The van der Waals surface area contributed by atoms with Gasteiger partial charge < -0.3 is 10.1 Å². The van der Waals surface area contributed by atoms with Crippen molar-refractivity contribution >= 4 is 38.7 Å². The van der Waals surface area contributed by atoms with Crippen molar-refractivity contribution < 1.29 is 5.21 Å². The molecule has 2 aromatic rings. The number of hydrogen-bond acceptors (Lipinski definition) is 4. The summed E-state index contributed by atoms with van der Waals surface area (Å²) in [6.07, 6.45) is 1.81. The standard InChI is InChI=1S/C15H15BrN2OS/c16-12-7-9-20-15(12)10-18-8-3-5-13(17-19)11-4-1-2-6-14(11)18/h1-2,4,6-7,9,19H,3,5,8,10H2/b17-13-. The number of para-hydroxylation sites is 1. The second-order valence-electron chi connectivity index (χ2n) is 4.78. The van der Waals surface area contributed by atoms with Gasteiger partial charge >= 0.3 is 0 Å². The minimum absolute atomic E-state index is 0.786. The van der Waals surface area contributed by atoms with E-state index in [9.17, 15) is 5.21 Å². The molecule has 1 aromatic heterocycles. The first-order valence-electron chi connectivity index (χ1n) is 6.56. The van der Waals surface area contributed by atoms with E-state index >= 15 is 0 Å². The van der Waals surface area contributed by atoms with Gasteiger partial charge in [-0.1, -0.05) is 23.4 Å². The lowest BCUT2D eigenvalue weighted by Crippen LogP contribution is -2.23. The molecule has 3 rings (SSSR count). The van der Waals surface area contributed by atoms with Crippen molar-refractivity contribution in [2.75, 3.05) is 11.4 Å². The first kappa shape index (κ1) is 13.6. The van der Waals surface area contributed by atoms with Crippen molar-refractivity contribution in [2.24, 2.45) is 5.16 Å². The second kappa shape index (κ2) is 5.97. The summed E-state index contributed by atoms with van der Waals surface area (Å²) >= 11 is 5.36. The summed E-state index contributed by atoms with van der Waals surface area (Å²) < 4.78 is 1.17. The molecule has 1 aliphatic rings. The van der Waals surface area contributed by atoms with Crippen molar-refractivity contribution in [1.82, 2.24) is 0 Å². The summed E-state index contributed by atoms with van der Waals surface area (Å²) in [6, 6.07) is 10.3. The van der Waals surface area contributed by atoms with E-state index in [0.717, 1.165) is 42.9 Å². The van der Waals surface area contributed by atoms with Crippen LogP contribution in [-0.2, 0) is 6.54 Å². The van der Waals surface area contributed by atoms with Crippen molar-refractivity contribution in [3.05, 3.63) is 50.6 Å². The van der Waals surface area contributed by atoms with Crippen molar-refractivity contribution in [3.8, 4) is 0 Å². The third-order valence-electron chi connectivity index (χ3n) is 3.54. The van der Waals surface area contributed by atoms with Gasteiger partial charge in [-0.3, -0.25) is 0 Å². The number of thiophene rings is 1. The van der Waals surface area contributed by atoms with Gasteiger partial charge in [0.15, 0.2) is 0 Å². The fourth-order valence-corrected chi connectivity index (χ4v) is 4.06. The number of benzene rings is 1. The lowest BCUT2D eigenvalue weighted by molar-refractivity contribution is 0.318. The Labute approximate surface area is 130 Å². The number of fused-ring (bicyclic) bond motifs is 1. The third kappa shape index (κ3) is 2.60. The zero-order valence-corrected chi connectivity index (χ0v) is 13.3. The molecule has 0 aliphatic carbocycles. The first-order valence-corrected chi connectivity index (χ1v) is 8.24. The van der Waals surface area contributed by atoms with Crippen LogP contribution in [0.3, 0.4) is 0 Å². The maximum absolute atomic E-state index is 9.21. The monoisotopic (exact) mass is 350 g/mol. The number of halogens is 1. The van der Waals surface area contributed by atoms with Gasteiger partial charge in [0.1, 0.15) is 0 Å². The Morgan fingerprint density at radius 2 is 2.15 bits per heavy atom. The van der Waals surface area contributed by atoms with Crippen LogP contribution in [0.25, 0.3) is 0 Å². The summed E-state index contributed by atoms with van der Waals surface area (Å²) in [6.45, 7) is 1.86. The predicted octanol–water partition coefficient (Wildman–Crippen LogP) is 4.49. The Morgan fingerprint density at radius 3 is 2.90 bits per heavy atom. The van der Waals surface area contributed by atoms with Crippen LogP contribution in [-0.4, -0.2) is 17.5 Å². The molecule has 0 unspecified atom stereocenters. The highest BCUT2D eigenvalue weighted by atomic mass is 79.9. The summed E-state index contributed by atoms with van der Waals surface area (Å²) in [5.74, 6) is 0. The van der Waals surface area contributed by atoms with Gasteiger partial charge in [0.05, 0.1) is 12.3 Å². The fourth-order valence-electron chi connectivity index (χ4n) is 2.57. The van der Waals surface area contributed by atoms with E-state index < -0.39 is 0 Å². The van der Waals surface area contributed by atoms with Gasteiger partial charge in [0.25, 0.3) is 0 Å². The molecule has 0 atom stereocenters. The molecule has 0 amide bonds. The largest absolute Gasteiger partial charge is 0.411 e. The summed E-state index contributed by atoms with van der Waals surface area (Å²) in [4.78, 5) is 3.69. The number of anilines is 1. The highest BCUT2D eigenvalue weighted by molar-refractivity contribution is 9.10. The Bertz CT molecular complexity index is 638. The van der Waals surface area contributed by atoms with Gasteiger partial charge in [0, 0.05) is 27.1 Å². The van der Waals surface area contributed by atoms with Gasteiger partial charge in [-0.15, -0.1) is 11.3 Å². The molecular formula is C15H15BrN2OS. The normalized spacial score (nSPS) is 17.1. The van der Waals surface area contributed by atoms with Gasteiger partial charge in [0.2, 0.25) is 0 Å². The Kier molecular flexibility index (Phi) is 4.08. The lowest BCUT2D eigenvalue weighted by atomic mass is 10.1. The number of hydrogen-bond donors (Lipinski definition) is 1. The molecule has 0 saturated carbocycles. The van der Waals surface area contributed by atoms with E-state index in [2.05, 4.69) is 43.5 Å². The molecule has 104 valence electrons. The molecule has 20 heavy (non-hydrogen) atoms. The van der Waals surface area contributed by atoms with Gasteiger partial charge in [-0.2, -0.15) is 0 Å². The van der Waals surface area contributed by atoms with E-state index in [1.807, 2.05) is 18.2 Å². The highest BCUT2D eigenvalue weighted by Crippen LogP contribution is 2.31. The maximum atomic E-state index is 9.21. The number of nitrogens with zero attached hydrogens (tertiary/aromatic N) is 2. The SMILES string of the molecule is O/N=C1/CCCN(Cc2sccc2Br)c2ccccc21. The Hall–Kier alpha value is -1.33. The molecule has 0 fully saturated rings. The molecule has 5 heteroatoms. The molecule has 0 spiro atoms. The van der Waals surface area contributed by atoms with Crippen LogP contribution in [0.4, 0.5) is 5.69 Å². The van der Waals surface area contributed by atoms with Crippen LogP contribution in [0.5, 0.6) is 0 Å². The topological polar surface area (TPSA) is 35.8 Å². The summed E-state index contributed by atoms with van der Waals surface area (Å²) in [7, 11) is 0. The molecular weight excluding hydrogens is 336 g/mol. The molecule has 0 bridgehead atoms. The van der Waals surface area contributed by atoms with Crippen LogP contribution in [0.1, 0.15) is 23.3 Å². The molecule has 0 saturated heterocycles. The maximum Gasteiger partial charge on any atom is 0.0889 e. The average molecular weight is 351 g/mol. The second-order valence-corrected chi connectivity index (χ2v) is 6.64. The molecule has 3 nitrogen and oxygen atoms in total. The summed E-state index contributed by atoms with van der Waals surface area (Å²) in [5.41, 5.74) is 2.98. The van der Waals surface area contributed by atoms with E-state index in [4.69, 9.17) is 0 Å². The molecule has 1 aliphatic heterocycles. The van der Waals surface area contributed by atoms with Crippen LogP contribution in [0, 0.1) is 0 Å². The van der Waals surface area contributed by atoms with Crippen molar-refractivity contribution in [1.29, 1.82) is 0 Å². The molecule has 1 aromatic carbocycles. The average Bonchev–Trinajstić information content (AvgIpc) is 2.79. The zero-order chi connectivity index (χ0) is 13.9. The van der Waals surface area contributed by atoms with Crippen LogP contribution < -0.4 is 4.90 Å². The fraction of sp³-hybridized carbons (Fsp3) is 0.267. The molecule has 1 N–H and O–H groups in total. The van der Waals surface area contributed by atoms with Crippen molar-refractivity contribution in [3.63, 3.8) is 0 Å². The Morgan fingerprint density at radius 1 is 1.30 bits per heavy atom. The minimum Gasteiger partial charge on any atom is -0.411 e. The number of oxime groups is 1. The molecule has 2 heterocycles. The van der Waals surface area contributed by atoms with E-state index in [-0.39, 0.29) is 0 Å². The zero-order valence-electron chi connectivity index (χ0n) is 10.9. The third-order valence-corrected chi connectivity index (χ3v) is 5.45. The first-order chi connectivity index (χ1) is 9.79. The van der Waals surface area contributed by atoms with Crippen LogP contribution in [0.2, 0.25) is 0 Å². The van der Waals surface area contributed by atoms with Crippen molar-refractivity contribution in [2.45, 2.75) is 19.4 Å². The Balaban J connectivity index is 1.97. The minimum atomic E-state index is 0.786. The van der Waals surface area contributed by atoms with E-state index in [0.29, 0.717) is 0 Å². The quantitative estimate of drug-likeness (QED) is 0.639. The van der Waals surface area contributed by atoms with Gasteiger partial charge in [-0.25, -0.2) is 0 Å². The van der Waals surface area contributed by atoms with E-state index in [1.54, 1.807) is 11.3 Å². The smallest absolute Gasteiger partial charge is 0.0889 e. The molecule has 0 radical (unpaired) electrons. The predicted molar refractivity (Wildman–Crippen MR) is 87.1 cm³/mol. The lowest BCUT2D eigenvalue weighted by Gasteiger charge is -2.24. The van der Waals surface area contributed by atoms with Crippen LogP contribution in [0.15, 0.2) is 45.3 Å². The number of rotatable bonds is 2. The highest BCUT2D eigenvalue weighted by Gasteiger charge is 2.20. The summed E-state index contributed by atoms with van der Waals surface area (Å²) in [5, 5.41) is 14.8.